The number of hydrogen-bond acceptors (Lipinski definition) is 4. The molecule has 1 aromatic carbocycles. The maximum absolute atomic E-state index is 12.4. The second kappa shape index (κ2) is 8.01. The van der Waals surface area contributed by atoms with Gasteiger partial charge in [0, 0.05) is 18.5 Å². The Morgan fingerprint density at radius 3 is 2.17 bits per heavy atom. The SMILES string of the molecule is N#C/C(C(=O)Nc1ccc(C(F)(F)F)cc1)=C(/O)CCCC(=O)O. The van der Waals surface area contributed by atoms with Crippen LogP contribution in [-0.2, 0) is 15.8 Å². The molecule has 1 aromatic rings. The van der Waals surface area contributed by atoms with Crippen molar-refractivity contribution in [2.45, 2.75) is 25.4 Å². The Labute approximate surface area is 134 Å². The molecule has 0 aliphatic carbocycles. The van der Waals surface area contributed by atoms with Crippen LogP contribution >= 0.6 is 0 Å². The first-order chi connectivity index (χ1) is 11.1. The zero-order chi connectivity index (χ0) is 18.3. The highest BCUT2D eigenvalue weighted by atomic mass is 19.4. The average Bonchev–Trinajstić information content (AvgIpc) is 2.47. The molecule has 24 heavy (non-hydrogen) atoms. The molecule has 0 aromatic heterocycles. The van der Waals surface area contributed by atoms with Gasteiger partial charge in [0.1, 0.15) is 11.8 Å². The number of aliphatic hydroxyl groups is 1. The molecule has 128 valence electrons. The number of amides is 1. The number of nitrogens with one attached hydrogen (secondary N) is 1. The number of alkyl halides is 3. The van der Waals surface area contributed by atoms with E-state index in [1.54, 1.807) is 0 Å². The van der Waals surface area contributed by atoms with Crippen molar-refractivity contribution in [3.63, 3.8) is 0 Å². The number of allylic oxidation sites excluding steroid dienone is 1. The van der Waals surface area contributed by atoms with Gasteiger partial charge >= 0.3 is 12.1 Å². The lowest BCUT2D eigenvalue weighted by molar-refractivity contribution is -0.138. The van der Waals surface area contributed by atoms with E-state index in [9.17, 15) is 27.9 Å². The molecule has 3 N–H and O–H groups in total. The number of aliphatic carboxylic acids is 1. The Bertz CT molecular complexity index is 688. The third-order valence-electron chi connectivity index (χ3n) is 2.90. The Hall–Kier alpha value is -3.02. The molecule has 1 amide bonds. The number of benzene rings is 1. The minimum absolute atomic E-state index is 0.0130. The molecule has 0 aliphatic rings. The number of hydrogen-bond donors (Lipinski definition) is 3. The van der Waals surface area contributed by atoms with Gasteiger partial charge in [-0.25, -0.2) is 0 Å². The van der Waals surface area contributed by atoms with E-state index >= 15 is 0 Å². The van der Waals surface area contributed by atoms with Crippen LogP contribution in [0.2, 0.25) is 0 Å². The van der Waals surface area contributed by atoms with Crippen LogP contribution in [0.3, 0.4) is 0 Å². The Morgan fingerprint density at radius 1 is 1.12 bits per heavy atom. The number of carbonyl (C=O) groups excluding carboxylic acids is 1. The second-order valence-electron chi connectivity index (χ2n) is 4.71. The number of nitriles is 1. The maximum Gasteiger partial charge on any atom is 0.416 e. The number of halogens is 3. The highest BCUT2D eigenvalue weighted by Crippen LogP contribution is 2.29. The molecule has 0 heterocycles. The molecule has 0 saturated heterocycles. The van der Waals surface area contributed by atoms with Crippen LogP contribution in [0, 0.1) is 11.3 Å². The van der Waals surface area contributed by atoms with E-state index < -0.39 is 34.9 Å². The number of carboxylic acid groups (broad SMARTS) is 1. The molecule has 0 aliphatic heterocycles. The molecule has 0 atom stereocenters. The molecular formula is C15H13F3N2O4. The van der Waals surface area contributed by atoms with Crippen molar-refractivity contribution in [3.05, 3.63) is 41.2 Å². The van der Waals surface area contributed by atoms with E-state index in [4.69, 9.17) is 10.4 Å². The summed E-state index contributed by atoms with van der Waals surface area (Å²) in [6, 6.07) is 5.03. The summed E-state index contributed by atoms with van der Waals surface area (Å²) in [5.41, 5.74) is -1.51. The average molecular weight is 342 g/mol. The lowest BCUT2D eigenvalue weighted by atomic mass is 10.1. The molecule has 0 radical (unpaired) electrons. The minimum Gasteiger partial charge on any atom is -0.511 e. The molecule has 0 unspecified atom stereocenters. The normalized spacial score (nSPS) is 12.1. The van der Waals surface area contributed by atoms with Gasteiger partial charge in [0.25, 0.3) is 5.91 Å². The smallest absolute Gasteiger partial charge is 0.416 e. The van der Waals surface area contributed by atoms with E-state index in [0.717, 1.165) is 24.3 Å². The van der Waals surface area contributed by atoms with Crippen molar-refractivity contribution < 1.29 is 33.0 Å². The van der Waals surface area contributed by atoms with E-state index in [2.05, 4.69) is 5.32 Å². The lowest BCUT2D eigenvalue weighted by Gasteiger charge is -2.09. The van der Waals surface area contributed by atoms with Crippen LogP contribution in [0.1, 0.15) is 24.8 Å². The quantitative estimate of drug-likeness (QED) is 0.418. The molecule has 0 fully saturated rings. The minimum atomic E-state index is -4.51. The van der Waals surface area contributed by atoms with E-state index in [0.29, 0.717) is 0 Å². The first-order valence-corrected chi connectivity index (χ1v) is 6.67. The lowest BCUT2D eigenvalue weighted by Crippen LogP contribution is -2.16. The molecule has 9 heteroatoms. The van der Waals surface area contributed by atoms with Gasteiger partial charge in [0.15, 0.2) is 5.57 Å². The Kier molecular flexibility index (Phi) is 6.35. The van der Waals surface area contributed by atoms with Gasteiger partial charge in [-0.2, -0.15) is 18.4 Å². The van der Waals surface area contributed by atoms with Crippen molar-refractivity contribution >= 4 is 17.6 Å². The number of nitrogens with zero attached hydrogens (tertiary/aromatic N) is 1. The monoisotopic (exact) mass is 342 g/mol. The van der Waals surface area contributed by atoms with Crippen LogP contribution < -0.4 is 5.32 Å². The van der Waals surface area contributed by atoms with Crippen molar-refractivity contribution in [3.8, 4) is 6.07 Å². The standard InChI is InChI=1S/C15H13F3N2O4/c16-15(17,18)9-4-6-10(7-5-9)20-14(24)11(8-19)12(21)2-1-3-13(22)23/h4-7,21H,1-3H2,(H,20,24)(H,22,23)/b12-11-. The number of carbonyl (C=O) groups is 2. The summed E-state index contributed by atoms with van der Waals surface area (Å²) >= 11 is 0. The highest BCUT2D eigenvalue weighted by molar-refractivity contribution is 6.06. The van der Waals surface area contributed by atoms with Crippen LogP contribution in [0.15, 0.2) is 35.6 Å². The van der Waals surface area contributed by atoms with Gasteiger partial charge in [0.05, 0.1) is 5.56 Å². The van der Waals surface area contributed by atoms with Gasteiger partial charge in [-0.05, 0) is 30.7 Å². The van der Waals surface area contributed by atoms with Crippen molar-refractivity contribution in [1.29, 1.82) is 5.26 Å². The predicted octanol–water partition coefficient (Wildman–Crippen LogP) is 3.23. The van der Waals surface area contributed by atoms with E-state index in [1.165, 1.54) is 6.07 Å². The first-order valence-electron chi connectivity index (χ1n) is 6.67. The van der Waals surface area contributed by atoms with Crippen LogP contribution in [-0.4, -0.2) is 22.1 Å². The molecular weight excluding hydrogens is 329 g/mol. The molecule has 0 saturated carbocycles. The van der Waals surface area contributed by atoms with Crippen molar-refractivity contribution in [2.24, 2.45) is 0 Å². The van der Waals surface area contributed by atoms with Crippen molar-refractivity contribution in [1.82, 2.24) is 0 Å². The number of aliphatic hydroxyl groups excluding tert-OH is 1. The molecule has 0 spiro atoms. The van der Waals surface area contributed by atoms with Gasteiger partial charge < -0.3 is 15.5 Å². The molecule has 0 bridgehead atoms. The third-order valence-corrected chi connectivity index (χ3v) is 2.90. The van der Waals surface area contributed by atoms with Gasteiger partial charge in [-0.3, -0.25) is 9.59 Å². The highest BCUT2D eigenvalue weighted by Gasteiger charge is 2.30. The topological polar surface area (TPSA) is 110 Å². The zero-order valence-corrected chi connectivity index (χ0v) is 12.2. The number of rotatable bonds is 6. The van der Waals surface area contributed by atoms with Gasteiger partial charge in [-0.15, -0.1) is 0 Å². The second-order valence-corrected chi connectivity index (χ2v) is 4.71. The summed E-state index contributed by atoms with van der Waals surface area (Å²) in [5, 5.41) is 29.3. The predicted molar refractivity (Wildman–Crippen MR) is 76.8 cm³/mol. The first kappa shape index (κ1) is 19.0. The number of carboxylic acids is 1. The summed E-state index contributed by atoms with van der Waals surface area (Å²) in [7, 11) is 0. The van der Waals surface area contributed by atoms with Crippen LogP contribution in [0.4, 0.5) is 18.9 Å². The summed E-state index contributed by atoms with van der Waals surface area (Å²) < 4.78 is 37.3. The number of anilines is 1. The fraction of sp³-hybridized carbons (Fsp3) is 0.267. The Morgan fingerprint density at radius 2 is 1.71 bits per heavy atom. The summed E-state index contributed by atoms with van der Waals surface area (Å²) in [4.78, 5) is 22.2. The fourth-order valence-corrected chi connectivity index (χ4v) is 1.71. The third kappa shape index (κ3) is 5.64. The summed E-state index contributed by atoms with van der Waals surface area (Å²) in [5.74, 6) is -2.66. The van der Waals surface area contributed by atoms with Crippen LogP contribution in [0.25, 0.3) is 0 Å². The summed E-state index contributed by atoms with van der Waals surface area (Å²) in [6.07, 6.45) is -4.92. The largest absolute Gasteiger partial charge is 0.511 e. The van der Waals surface area contributed by atoms with E-state index in [-0.39, 0.29) is 24.9 Å². The Balaban J connectivity index is 2.80. The summed E-state index contributed by atoms with van der Waals surface area (Å²) in [6.45, 7) is 0. The van der Waals surface area contributed by atoms with Crippen LogP contribution in [0.5, 0.6) is 0 Å². The zero-order valence-electron chi connectivity index (χ0n) is 12.2. The van der Waals surface area contributed by atoms with E-state index in [1.807, 2.05) is 0 Å². The molecule has 6 nitrogen and oxygen atoms in total. The molecule has 1 rings (SSSR count). The van der Waals surface area contributed by atoms with Gasteiger partial charge in [0.2, 0.25) is 0 Å². The maximum atomic E-state index is 12.4. The van der Waals surface area contributed by atoms with Gasteiger partial charge in [-0.1, -0.05) is 0 Å². The fourth-order valence-electron chi connectivity index (χ4n) is 1.71. The van der Waals surface area contributed by atoms with Crippen molar-refractivity contribution in [2.75, 3.05) is 5.32 Å².